The molecule has 2 aromatic rings. The molecule has 2 fully saturated rings. The highest BCUT2D eigenvalue weighted by atomic mass is 35.5. The lowest BCUT2D eigenvalue weighted by molar-refractivity contribution is -0.143. The lowest BCUT2D eigenvalue weighted by atomic mass is 10.1. The number of carbonyl (C=O) groups is 2. The molecule has 2 amide bonds. The minimum absolute atomic E-state index is 0.108. The van der Waals surface area contributed by atoms with Crippen LogP contribution < -0.4 is 9.44 Å². The van der Waals surface area contributed by atoms with Crippen LogP contribution in [0.5, 0.6) is 0 Å². The fourth-order valence-corrected chi connectivity index (χ4v) is 8.04. The number of nitrogens with zero attached hydrogens (tertiary/aromatic N) is 2. The summed E-state index contributed by atoms with van der Waals surface area (Å²) in [5, 5.41) is 1.44. The van der Waals surface area contributed by atoms with Crippen LogP contribution >= 0.6 is 34.5 Å². The number of likely N-dealkylation sites (tertiary alicyclic amines) is 2. The van der Waals surface area contributed by atoms with Crippen molar-refractivity contribution in [3.05, 3.63) is 56.0 Å². The Labute approximate surface area is 248 Å². The number of halogens is 2. The van der Waals surface area contributed by atoms with Crippen molar-refractivity contribution in [2.45, 2.75) is 49.1 Å². The first-order valence-electron chi connectivity index (χ1n) is 12.7. The van der Waals surface area contributed by atoms with E-state index < -0.39 is 32.0 Å². The molecule has 40 heavy (non-hydrogen) atoms. The first kappa shape index (κ1) is 30.9. The zero-order valence-electron chi connectivity index (χ0n) is 21.5. The molecule has 0 bridgehead atoms. The third-order valence-electron chi connectivity index (χ3n) is 6.76. The van der Waals surface area contributed by atoms with Crippen molar-refractivity contribution in [1.82, 2.24) is 19.2 Å². The van der Waals surface area contributed by atoms with Crippen molar-refractivity contribution in [3.63, 3.8) is 0 Å². The molecule has 2 aliphatic rings. The Morgan fingerprint density at radius 3 is 2.45 bits per heavy atom. The second-order valence-electron chi connectivity index (χ2n) is 9.59. The molecule has 2 aliphatic heterocycles. The number of hydrogen-bond acceptors (Lipinski definition) is 7. The van der Waals surface area contributed by atoms with Crippen molar-refractivity contribution in [2.75, 3.05) is 26.2 Å². The number of amides is 2. The summed E-state index contributed by atoms with van der Waals surface area (Å²) in [5.74, 6) is -0.684. The van der Waals surface area contributed by atoms with Gasteiger partial charge in [-0.2, -0.15) is 4.72 Å². The largest absolute Gasteiger partial charge is 0.338 e. The number of rotatable bonds is 11. The fraction of sp³-hybridized carbons (Fsp3) is 0.440. The Hall–Kier alpha value is -2.00. The highest BCUT2D eigenvalue weighted by Gasteiger charge is 2.35. The molecular weight excluding hydrogens is 619 g/mol. The predicted molar refractivity (Wildman–Crippen MR) is 156 cm³/mol. The second kappa shape index (κ2) is 13.3. The summed E-state index contributed by atoms with van der Waals surface area (Å²) < 4.78 is 55.7. The van der Waals surface area contributed by atoms with Crippen LogP contribution in [0.15, 0.2) is 46.7 Å². The van der Waals surface area contributed by atoms with Gasteiger partial charge in [0.2, 0.25) is 31.9 Å². The monoisotopic (exact) mass is 648 g/mol. The minimum atomic E-state index is -3.90. The number of sulfonamides is 2. The van der Waals surface area contributed by atoms with E-state index in [1.165, 1.54) is 46.6 Å². The van der Waals surface area contributed by atoms with E-state index in [1.807, 2.05) is 0 Å². The summed E-state index contributed by atoms with van der Waals surface area (Å²) in [6.45, 7) is 0.861. The molecule has 15 heteroatoms. The zero-order chi connectivity index (χ0) is 28.9. The molecular formula is C25H30Cl2N4O6S3. The molecule has 0 radical (unpaired) electrons. The Bertz CT molecular complexity index is 1460. The fourth-order valence-electron chi connectivity index (χ4n) is 4.79. The SMILES string of the molecule is O=C1[C@@H](NS(=O)(=O)/C=C/c2ccc(Cl)s2)CCCN1CC(=O)N1CCC[C@@H]1CCNS(=O)(=O)c1ccc(Cl)cc1. The number of piperidine rings is 1. The zero-order valence-corrected chi connectivity index (χ0v) is 25.4. The number of hydrogen-bond donors (Lipinski definition) is 2. The van der Waals surface area contributed by atoms with Gasteiger partial charge < -0.3 is 9.80 Å². The molecule has 2 saturated heterocycles. The molecule has 1 aromatic heterocycles. The molecule has 2 atom stereocenters. The summed E-state index contributed by atoms with van der Waals surface area (Å²) in [6.07, 6.45) is 4.23. The van der Waals surface area contributed by atoms with E-state index in [9.17, 15) is 26.4 Å². The normalized spacial score (nSPS) is 20.5. The number of benzene rings is 1. The van der Waals surface area contributed by atoms with Crippen molar-refractivity contribution >= 4 is 72.5 Å². The summed E-state index contributed by atoms with van der Waals surface area (Å²) in [5.41, 5.74) is 0. The van der Waals surface area contributed by atoms with E-state index in [0.29, 0.717) is 46.6 Å². The second-order valence-corrected chi connectivity index (χ2v) is 15.1. The van der Waals surface area contributed by atoms with Crippen LogP contribution in [0.3, 0.4) is 0 Å². The molecule has 3 heterocycles. The molecule has 0 aliphatic carbocycles. The molecule has 0 spiro atoms. The van der Waals surface area contributed by atoms with E-state index in [4.69, 9.17) is 23.2 Å². The van der Waals surface area contributed by atoms with Crippen LogP contribution in [0.25, 0.3) is 6.08 Å². The van der Waals surface area contributed by atoms with Crippen LogP contribution in [-0.2, 0) is 29.6 Å². The van der Waals surface area contributed by atoms with Crippen LogP contribution in [-0.4, -0.2) is 76.7 Å². The van der Waals surface area contributed by atoms with Gasteiger partial charge in [0.25, 0.3) is 0 Å². The summed E-state index contributed by atoms with van der Waals surface area (Å²) in [7, 11) is -7.60. The van der Waals surface area contributed by atoms with Crippen molar-refractivity contribution in [2.24, 2.45) is 0 Å². The van der Waals surface area contributed by atoms with E-state index in [1.54, 1.807) is 17.0 Å². The average molecular weight is 650 g/mol. The van der Waals surface area contributed by atoms with Crippen LogP contribution in [0.2, 0.25) is 9.36 Å². The van der Waals surface area contributed by atoms with E-state index in [0.717, 1.165) is 18.2 Å². The first-order valence-corrected chi connectivity index (χ1v) is 17.3. The Balaban J connectivity index is 1.29. The van der Waals surface area contributed by atoms with Crippen LogP contribution in [0, 0.1) is 0 Å². The van der Waals surface area contributed by atoms with Crippen molar-refractivity contribution in [1.29, 1.82) is 0 Å². The highest BCUT2D eigenvalue weighted by Crippen LogP contribution is 2.24. The van der Waals surface area contributed by atoms with Gasteiger partial charge >= 0.3 is 0 Å². The molecule has 4 rings (SSSR count). The smallest absolute Gasteiger partial charge is 0.242 e. The van der Waals surface area contributed by atoms with Gasteiger partial charge in [-0.1, -0.05) is 23.2 Å². The molecule has 0 saturated carbocycles. The number of nitrogens with one attached hydrogen (secondary N) is 2. The Kier molecular flexibility index (Phi) is 10.3. The van der Waals surface area contributed by atoms with Crippen molar-refractivity contribution in [3.8, 4) is 0 Å². The Morgan fingerprint density at radius 2 is 1.75 bits per heavy atom. The predicted octanol–water partition coefficient (Wildman–Crippen LogP) is 3.30. The average Bonchev–Trinajstić information content (AvgIpc) is 3.54. The highest BCUT2D eigenvalue weighted by molar-refractivity contribution is 7.92. The van der Waals surface area contributed by atoms with E-state index in [-0.39, 0.29) is 29.9 Å². The summed E-state index contributed by atoms with van der Waals surface area (Å²) in [4.78, 5) is 30.1. The molecule has 10 nitrogen and oxygen atoms in total. The van der Waals surface area contributed by atoms with Crippen LogP contribution in [0.1, 0.15) is 37.0 Å². The lowest BCUT2D eigenvalue weighted by Crippen LogP contribution is -2.54. The van der Waals surface area contributed by atoms with E-state index >= 15 is 0 Å². The molecule has 0 unspecified atom stereocenters. The van der Waals surface area contributed by atoms with Crippen molar-refractivity contribution < 1.29 is 26.4 Å². The maximum absolute atomic E-state index is 13.2. The van der Waals surface area contributed by atoms with Gasteiger partial charge in [-0.15, -0.1) is 11.3 Å². The van der Waals surface area contributed by atoms with Gasteiger partial charge in [0.1, 0.15) is 6.04 Å². The minimum Gasteiger partial charge on any atom is -0.338 e. The molecule has 218 valence electrons. The number of carbonyl (C=O) groups excluding carboxylic acids is 2. The van der Waals surface area contributed by atoms with Gasteiger partial charge in [0.15, 0.2) is 0 Å². The quantitative estimate of drug-likeness (QED) is 0.384. The summed E-state index contributed by atoms with van der Waals surface area (Å²) in [6, 6.07) is 8.09. The maximum atomic E-state index is 13.2. The van der Waals surface area contributed by atoms with Gasteiger partial charge in [0, 0.05) is 41.0 Å². The Morgan fingerprint density at radius 1 is 1.02 bits per heavy atom. The first-order chi connectivity index (χ1) is 18.9. The third kappa shape index (κ3) is 8.28. The van der Waals surface area contributed by atoms with E-state index in [2.05, 4.69) is 9.44 Å². The topological polar surface area (TPSA) is 133 Å². The van der Waals surface area contributed by atoms with Gasteiger partial charge in [-0.05, 0) is 74.6 Å². The van der Waals surface area contributed by atoms with Gasteiger partial charge in [0.05, 0.1) is 15.8 Å². The molecule has 2 N–H and O–H groups in total. The number of thiophene rings is 1. The van der Waals surface area contributed by atoms with Gasteiger partial charge in [-0.3, -0.25) is 9.59 Å². The van der Waals surface area contributed by atoms with Gasteiger partial charge in [-0.25, -0.2) is 21.6 Å². The molecule has 1 aromatic carbocycles. The summed E-state index contributed by atoms with van der Waals surface area (Å²) >= 11 is 12.9. The standard InChI is InChI=1S/C25H30Cl2N4O6S3/c26-18-5-8-21(9-6-18)40(36,37)28-13-11-19-3-1-15-31(19)24(32)17-30-14-2-4-22(25(30)33)29-39(34,35)16-12-20-7-10-23(27)38-20/h5-10,12,16,19,22,28-29H,1-4,11,13-15,17H2/b16-12+/t19-,22+/m1/s1. The lowest BCUT2D eigenvalue weighted by Gasteiger charge is -2.34. The third-order valence-corrected chi connectivity index (χ3v) is 10.8. The maximum Gasteiger partial charge on any atom is 0.242 e. The van der Waals surface area contributed by atoms with Crippen LogP contribution in [0.4, 0.5) is 0 Å².